The molecule has 6 heteroatoms. The fraction of sp³-hybridized carbons (Fsp3) is 0.412. The second kappa shape index (κ2) is 6.00. The van der Waals surface area contributed by atoms with Crippen LogP contribution in [-0.2, 0) is 4.79 Å². The van der Waals surface area contributed by atoms with Gasteiger partial charge < -0.3 is 14.4 Å². The van der Waals surface area contributed by atoms with Gasteiger partial charge in [-0.3, -0.25) is 9.59 Å². The number of aliphatic carboxylic acids is 1. The Morgan fingerprint density at radius 2 is 2.04 bits per heavy atom. The molecule has 0 saturated carbocycles. The lowest BCUT2D eigenvalue weighted by atomic mass is 9.90. The molecule has 1 aromatic heterocycles. The van der Waals surface area contributed by atoms with Crippen molar-refractivity contribution in [3.05, 3.63) is 34.0 Å². The van der Waals surface area contributed by atoms with E-state index in [0.29, 0.717) is 18.5 Å². The number of carboxylic acids is 1. The van der Waals surface area contributed by atoms with Crippen molar-refractivity contribution in [1.29, 1.82) is 0 Å². The summed E-state index contributed by atoms with van der Waals surface area (Å²) in [7, 11) is 0. The highest BCUT2D eigenvalue weighted by Crippen LogP contribution is 2.29. The Morgan fingerprint density at radius 3 is 2.74 bits per heavy atom. The van der Waals surface area contributed by atoms with Crippen molar-refractivity contribution in [1.82, 2.24) is 4.90 Å². The van der Waals surface area contributed by atoms with Crippen molar-refractivity contribution >= 4 is 38.8 Å². The molecule has 2 aromatic rings. The molecule has 1 aliphatic rings. The van der Waals surface area contributed by atoms with Gasteiger partial charge in [0.2, 0.25) is 0 Å². The molecule has 1 N–H and O–H groups in total. The number of hydrogen-bond donors (Lipinski definition) is 1. The number of nitrogens with zero attached hydrogens (tertiary/aromatic N) is 1. The molecule has 1 aliphatic heterocycles. The summed E-state index contributed by atoms with van der Waals surface area (Å²) < 4.78 is 6.67. The van der Waals surface area contributed by atoms with E-state index in [1.807, 2.05) is 26.0 Å². The van der Waals surface area contributed by atoms with E-state index in [-0.39, 0.29) is 24.1 Å². The van der Waals surface area contributed by atoms with Gasteiger partial charge in [0.25, 0.3) is 5.91 Å². The minimum Gasteiger partial charge on any atom is -0.481 e. The van der Waals surface area contributed by atoms with Crippen LogP contribution >= 0.6 is 15.9 Å². The summed E-state index contributed by atoms with van der Waals surface area (Å²) in [5.41, 5.74) is 1.64. The Hall–Kier alpha value is -1.82. The fourth-order valence-corrected chi connectivity index (χ4v) is 3.83. The van der Waals surface area contributed by atoms with Gasteiger partial charge in [0.1, 0.15) is 5.58 Å². The van der Waals surface area contributed by atoms with Crippen LogP contribution in [0.3, 0.4) is 0 Å². The summed E-state index contributed by atoms with van der Waals surface area (Å²) >= 11 is 3.44. The van der Waals surface area contributed by atoms with Gasteiger partial charge in [-0.2, -0.15) is 0 Å². The van der Waals surface area contributed by atoms with Crippen molar-refractivity contribution in [2.45, 2.75) is 20.3 Å². The molecule has 1 aromatic carbocycles. The number of carboxylic acid groups (broad SMARTS) is 1. The Balaban J connectivity index is 1.90. The summed E-state index contributed by atoms with van der Waals surface area (Å²) in [6.45, 7) is 4.68. The molecular weight excluding hydrogens is 362 g/mol. The maximum atomic E-state index is 12.7. The van der Waals surface area contributed by atoms with Gasteiger partial charge in [-0.25, -0.2) is 0 Å². The molecule has 23 heavy (non-hydrogen) atoms. The molecule has 2 atom stereocenters. The lowest BCUT2D eigenvalue weighted by Crippen LogP contribution is -2.45. The molecule has 2 unspecified atom stereocenters. The van der Waals surface area contributed by atoms with Crippen molar-refractivity contribution < 1.29 is 19.1 Å². The second-order valence-electron chi connectivity index (χ2n) is 6.34. The second-order valence-corrected chi connectivity index (χ2v) is 7.25. The van der Waals surface area contributed by atoms with Crippen LogP contribution in [0.4, 0.5) is 0 Å². The molecule has 5 nitrogen and oxygen atoms in total. The van der Waals surface area contributed by atoms with Crippen molar-refractivity contribution in [2.75, 3.05) is 13.1 Å². The molecule has 0 bridgehead atoms. The highest BCUT2D eigenvalue weighted by Gasteiger charge is 2.33. The van der Waals surface area contributed by atoms with Gasteiger partial charge in [0.15, 0.2) is 5.76 Å². The van der Waals surface area contributed by atoms with E-state index in [1.165, 1.54) is 0 Å². The summed E-state index contributed by atoms with van der Waals surface area (Å²) in [6, 6.07) is 5.56. The number of fused-ring (bicyclic) bond motifs is 1. The van der Waals surface area contributed by atoms with E-state index in [2.05, 4.69) is 15.9 Å². The highest BCUT2D eigenvalue weighted by molar-refractivity contribution is 9.10. The molecule has 0 spiro atoms. The lowest BCUT2D eigenvalue weighted by molar-refractivity contribution is -0.143. The fourth-order valence-electron chi connectivity index (χ4n) is 3.24. The number of amides is 1. The largest absolute Gasteiger partial charge is 0.481 e. The van der Waals surface area contributed by atoms with Gasteiger partial charge in [-0.1, -0.05) is 22.9 Å². The number of likely N-dealkylation sites (tertiary alicyclic amines) is 1. The van der Waals surface area contributed by atoms with Crippen LogP contribution in [0.15, 0.2) is 27.1 Å². The average molecular weight is 380 g/mol. The van der Waals surface area contributed by atoms with Crippen LogP contribution in [-0.4, -0.2) is 35.0 Å². The van der Waals surface area contributed by atoms with E-state index < -0.39 is 11.9 Å². The van der Waals surface area contributed by atoms with Crippen molar-refractivity contribution in [2.24, 2.45) is 11.8 Å². The SMILES string of the molecule is Cc1cc(Br)cc2cc(C(=O)N3CC(C)CC(C(=O)O)C3)oc12. The number of furan rings is 1. The van der Waals surface area contributed by atoms with Gasteiger partial charge in [-0.05, 0) is 43.0 Å². The zero-order valence-electron chi connectivity index (χ0n) is 13.0. The Morgan fingerprint density at radius 1 is 1.30 bits per heavy atom. The van der Waals surface area contributed by atoms with Crippen LogP contribution in [0.5, 0.6) is 0 Å². The van der Waals surface area contributed by atoms with Crippen LogP contribution in [0.2, 0.25) is 0 Å². The summed E-state index contributed by atoms with van der Waals surface area (Å²) in [6.07, 6.45) is 0.602. The van der Waals surface area contributed by atoms with Gasteiger partial charge in [-0.15, -0.1) is 0 Å². The van der Waals surface area contributed by atoms with E-state index in [4.69, 9.17) is 4.42 Å². The number of piperidine rings is 1. The highest BCUT2D eigenvalue weighted by atomic mass is 79.9. The number of halogens is 1. The van der Waals surface area contributed by atoms with Crippen LogP contribution < -0.4 is 0 Å². The van der Waals surface area contributed by atoms with Crippen molar-refractivity contribution in [3.8, 4) is 0 Å². The Labute approximate surface area is 142 Å². The predicted molar refractivity (Wildman–Crippen MR) is 89.5 cm³/mol. The summed E-state index contributed by atoms with van der Waals surface area (Å²) in [5.74, 6) is -1.18. The number of rotatable bonds is 2. The zero-order valence-corrected chi connectivity index (χ0v) is 14.6. The van der Waals surface area contributed by atoms with Gasteiger partial charge in [0.05, 0.1) is 5.92 Å². The Kier molecular flexibility index (Phi) is 4.19. The summed E-state index contributed by atoms with van der Waals surface area (Å²) in [4.78, 5) is 25.6. The van der Waals surface area contributed by atoms with E-state index in [1.54, 1.807) is 11.0 Å². The van der Waals surface area contributed by atoms with Crippen LogP contribution in [0, 0.1) is 18.8 Å². The van der Waals surface area contributed by atoms with Crippen LogP contribution in [0.1, 0.15) is 29.5 Å². The van der Waals surface area contributed by atoms with Crippen LogP contribution in [0.25, 0.3) is 11.0 Å². The van der Waals surface area contributed by atoms with E-state index in [9.17, 15) is 14.7 Å². The first-order valence-electron chi connectivity index (χ1n) is 7.57. The zero-order chi connectivity index (χ0) is 16.7. The van der Waals surface area contributed by atoms with E-state index in [0.717, 1.165) is 15.4 Å². The minimum atomic E-state index is -0.848. The molecule has 3 rings (SSSR count). The van der Waals surface area contributed by atoms with Gasteiger partial charge in [0, 0.05) is 22.9 Å². The number of carbonyl (C=O) groups is 2. The first-order chi connectivity index (χ1) is 10.8. The first kappa shape index (κ1) is 16.1. The molecule has 2 heterocycles. The topological polar surface area (TPSA) is 70.8 Å². The molecule has 1 amide bonds. The molecule has 0 radical (unpaired) electrons. The number of benzene rings is 1. The molecule has 1 saturated heterocycles. The summed E-state index contributed by atoms with van der Waals surface area (Å²) in [5, 5.41) is 10.1. The number of hydrogen-bond acceptors (Lipinski definition) is 3. The Bertz CT molecular complexity index is 782. The minimum absolute atomic E-state index is 0.161. The number of carbonyl (C=O) groups excluding carboxylic acids is 1. The quantitative estimate of drug-likeness (QED) is 0.863. The number of aryl methyl sites for hydroxylation is 1. The third-order valence-corrected chi connectivity index (χ3v) is 4.73. The maximum absolute atomic E-state index is 12.7. The first-order valence-corrected chi connectivity index (χ1v) is 8.36. The van der Waals surface area contributed by atoms with Gasteiger partial charge >= 0.3 is 5.97 Å². The normalized spacial score (nSPS) is 21.6. The lowest BCUT2D eigenvalue weighted by Gasteiger charge is -2.34. The smallest absolute Gasteiger partial charge is 0.308 e. The molecule has 0 aliphatic carbocycles. The van der Waals surface area contributed by atoms with Crippen molar-refractivity contribution in [3.63, 3.8) is 0 Å². The average Bonchev–Trinajstić information content (AvgIpc) is 2.89. The predicted octanol–water partition coefficient (Wildman–Crippen LogP) is 3.69. The molecule has 1 fully saturated rings. The maximum Gasteiger partial charge on any atom is 0.308 e. The van der Waals surface area contributed by atoms with E-state index >= 15 is 0 Å². The third kappa shape index (κ3) is 3.13. The molecular formula is C17H18BrNO4. The third-order valence-electron chi connectivity index (χ3n) is 4.27. The standard InChI is InChI=1S/C17H18BrNO4/c1-9-3-12(17(21)22)8-19(7-9)16(20)14-6-11-5-13(18)4-10(2)15(11)23-14/h4-6,9,12H,3,7-8H2,1-2H3,(H,21,22). The molecule has 122 valence electrons. The monoisotopic (exact) mass is 379 g/mol.